The number of halogens is 1. The number of alkyl halides is 1. The molecule has 0 aliphatic heterocycles. The van der Waals surface area contributed by atoms with E-state index in [4.69, 9.17) is 11.6 Å². The molecule has 1 aromatic rings. The van der Waals surface area contributed by atoms with E-state index in [0.29, 0.717) is 5.88 Å². The predicted molar refractivity (Wildman–Crippen MR) is 49.9 cm³/mol. The van der Waals surface area contributed by atoms with Crippen LogP contribution >= 0.6 is 11.6 Å². The molecule has 0 spiro atoms. The maximum Gasteiger partial charge on any atom is 0.0263 e. The van der Waals surface area contributed by atoms with Crippen molar-refractivity contribution >= 4 is 11.6 Å². The van der Waals surface area contributed by atoms with Crippen LogP contribution in [0.25, 0.3) is 0 Å². The van der Waals surface area contributed by atoms with Crippen LogP contribution in [0.5, 0.6) is 0 Å². The quantitative estimate of drug-likeness (QED) is 0.608. The van der Waals surface area contributed by atoms with Crippen molar-refractivity contribution in [2.75, 3.05) is 5.88 Å². The Balaban J connectivity index is 2.66. The van der Waals surface area contributed by atoms with Crippen molar-refractivity contribution in [3.63, 3.8) is 0 Å². The monoisotopic (exact) mass is 167 g/mol. The lowest BCUT2D eigenvalue weighted by molar-refractivity contribution is 1.14. The summed E-state index contributed by atoms with van der Waals surface area (Å²) in [6, 6.07) is 8.47. The van der Waals surface area contributed by atoms with E-state index in [1.807, 2.05) is 6.92 Å². The highest BCUT2D eigenvalue weighted by molar-refractivity contribution is 6.17. The summed E-state index contributed by atoms with van der Waals surface area (Å²) in [6.45, 7) is 2.04. The number of hydrogen-bond acceptors (Lipinski definition) is 0. The molecule has 0 atom stereocenters. The van der Waals surface area contributed by atoms with Gasteiger partial charge in [0.25, 0.3) is 0 Å². The summed E-state index contributed by atoms with van der Waals surface area (Å²) in [5.41, 5.74) is 2.58. The third kappa shape index (κ3) is 2.55. The van der Waals surface area contributed by atoms with Crippen LogP contribution in [-0.4, -0.2) is 5.88 Å². The molecule has 1 rings (SSSR count). The van der Waals surface area contributed by atoms with Gasteiger partial charge in [-0.15, -0.1) is 11.6 Å². The molecule has 0 aromatic heterocycles. The highest BCUT2D eigenvalue weighted by Gasteiger charge is 1.91. The van der Waals surface area contributed by atoms with E-state index < -0.39 is 0 Å². The van der Waals surface area contributed by atoms with Gasteiger partial charge < -0.3 is 0 Å². The largest absolute Gasteiger partial charge is 0.126 e. The second-order valence-electron chi connectivity index (χ2n) is 2.47. The highest BCUT2D eigenvalue weighted by atomic mass is 35.5. The maximum absolute atomic E-state index is 5.60. The van der Waals surface area contributed by atoms with Crippen molar-refractivity contribution < 1.29 is 0 Å². The fraction of sp³-hybridized carbons (Fsp3) is 0.300. The van der Waals surface area contributed by atoms with Gasteiger partial charge in [-0.1, -0.05) is 31.2 Å². The summed E-state index contributed by atoms with van der Waals surface area (Å²) in [6.07, 6.45) is 3.05. The Labute approximate surface area is 73.2 Å². The molecule has 0 saturated carbocycles. The summed E-state index contributed by atoms with van der Waals surface area (Å²) in [7, 11) is 0. The van der Waals surface area contributed by atoms with E-state index in [1.54, 1.807) is 0 Å². The summed E-state index contributed by atoms with van der Waals surface area (Å²) in [4.78, 5) is 0. The number of aryl methyl sites for hydroxylation is 1. The minimum atomic E-state index is 0.704. The first-order valence-corrected chi connectivity index (χ1v) is 4.34. The van der Waals surface area contributed by atoms with Crippen molar-refractivity contribution in [3.8, 4) is 0 Å². The van der Waals surface area contributed by atoms with Crippen LogP contribution in [0.3, 0.4) is 0 Å². The van der Waals surface area contributed by atoms with Crippen LogP contribution in [-0.2, 0) is 6.42 Å². The number of rotatable bonds is 3. The molecule has 11 heavy (non-hydrogen) atoms. The van der Waals surface area contributed by atoms with E-state index in [2.05, 4.69) is 30.7 Å². The van der Waals surface area contributed by atoms with Crippen LogP contribution in [0.4, 0.5) is 0 Å². The van der Waals surface area contributed by atoms with Crippen molar-refractivity contribution in [1.29, 1.82) is 0 Å². The molecule has 0 saturated heterocycles. The summed E-state index contributed by atoms with van der Waals surface area (Å²) in [5, 5.41) is 0. The van der Waals surface area contributed by atoms with Gasteiger partial charge in [0.05, 0.1) is 0 Å². The van der Waals surface area contributed by atoms with Gasteiger partial charge in [-0.25, -0.2) is 0 Å². The molecule has 0 fully saturated rings. The van der Waals surface area contributed by atoms with E-state index in [1.165, 1.54) is 11.1 Å². The standard InChI is InChI=1S/C10H12Cl/c1-2-9-3-5-10(6-4-9)7-8-11/h2-6H,7-8H2,1H3. The minimum Gasteiger partial charge on any atom is -0.126 e. The summed E-state index contributed by atoms with van der Waals surface area (Å²) < 4.78 is 0. The normalized spacial score (nSPS) is 10.0. The lowest BCUT2D eigenvalue weighted by atomic mass is 10.1. The molecule has 1 heteroatoms. The highest BCUT2D eigenvalue weighted by Crippen LogP contribution is 2.06. The SMILES string of the molecule is C[CH]c1ccc(CCCl)cc1. The van der Waals surface area contributed by atoms with Crippen LogP contribution < -0.4 is 0 Å². The average Bonchev–Trinajstić information content (AvgIpc) is 2.07. The van der Waals surface area contributed by atoms with Gasteiger partial charge >= 0.3 is 0 Å². The summed E-state index contributed by atoms with van der Waals surface area (Å²) >= 11 is 5.60. The van der Waals surface area contributed by atoms with Crippen molar-refractivity contribution in [2.24, 2.45) is 0 Å². The first-order chi connectivity index (χ1) is 5.36. The second-order valence-corrected chi connectivity index (χ2v) is 2.85. The Bertz CT molecular complexity index is 201. The van der Waals surface area contributed by atoms with Crippen molar-refractivity contribution in [2.45, 2.75) is 13.3 Å². The van der Waals surface area contributed by atoms with Crippen molar-refractivity contribution in [1.82, 2.24) is 0 Å². The summed E-state index contributed by atoms with van der Waals surface area (Å²) in [5.74, 6) is 0.704. The zero-order valence-electron chi connectivity index (χ0n) is 6.68. The maximum atomic E-state index is 5.60. The fourth-order valence-corrected chi connectivity index (χ4v) is 1.20. The third-order valence-electron chi connectivity index (χ3n) is 1.70. The molecule has 0 aliphatic rings. The molecular formula is C10H12Cl. The Morgan fingerprint density at radius 3 is 2.36 bits per heavy atom. The third-order valence-corrected chi connectivity index (χ3v) is 1.89. The molecule has 0 unspecified atom stereocenters. The zero-order chi connectivity index (χ0) is 8.10. The Hall–Kier alpha value is -0.490. The fourth-order valence-electron chi connectivity index (χ4n) is 0.986. The molecule has 1 radical (unpaired) electrons. The van der Waals surface area contributed by atoms with Gasteiger partial charge in [0.2, 0.25) is 0 Å². The van der Waals surface area contributed by atoms with E-state index in [0.717, 1.165) is 6.42 Å². The topological polar surface area (TPSA) is 0 Å². The smallest absolute Gasteiger partial charge is 0.0263 e. The van der Waals surface area contributed by atoms with Crippen LogP contribution in [0.2, 0.25) is 0 Å². The van der Waals surface area contributed by atoms with Crippen LogP contribution in [0.1, 0.15) is 18.1 Å². The van der Waals surface area contributed by atoms with Crippen LogP contribution in [0.15, 0.2) is 24.3 Å². The zero-order valence-corrected chi connectivity index (χ0v) is 7.43. The molecule has 0 N–H and O–H groups in total. The molecule has 0 aliphatic carbocycles. The first kappa shape index (κ1) is 8.61. The van der Waals surface area contributed by atoms with Gasteiger partial charge in [0.1, 0.15) is 0 Å². The van der Waals surface area contributed by atoms with Gasteiger partial charge in [-0.05, 0) is 24.0 Å². The van der Waals surface area contributed by atoms with Crippen LogP contribution in [0, 0.1) is 6.42 Å². The van der Waals surface area contributed by atoms with Gasteiger partial charge in [0.15, 0.2) is 0 Å². The Morgan fingerprint density at radius 2 is 1.91 bits per heavy atom. The molecule has 59 valence electrons. The van der Waals surface area contributed by atoms with E-state index in [-0.39, 0.29) is 0 Å². The Kier molecular flexibility index (Phi) is 3.44. The lowest BCUT2D eigenvalue weighted by Crippen LogP contribution is -1.85. The average molecular weight is 168 g/mol. The molecule has 1 aromatic carbocycles. The van der Waals surface area contributed by atoms with Gasteiger partial charge in [0, 0.05) is 5.88 Å². The Morgan fingerprint density at radius 1 is 1.27 bits per heavy atom. The second kappa shape index (κ2) is 4.40. The van der Waals surface area contributed by atoms with E-state index >= 15 is 0 Å². The van der Waals surface area contributed by atoms with Crippen molar-refractivity contribution in [3.05, 3.63) is 41.8 Å². The van der Waals surface area contributed by atoms with Gasteiger partial charge in [-0.3, -0.25) is 0 Å². The minimum absolute atomic E-state index is 0.704. The number of hydrogen-bond donors (Lipinski definition) is 0. The molecule has 0 amide bonds. The first-order valence-electron chi connectivity index (χ1n) is 3.81. The molecular weight excluding hydrogens is 156 g/mol. The predicted octanol–water partition coefficient (Wildman–Crippen LogP) is 3.04. The molecule has 0 nitrogen and oxygen atoms in total. The van der Waals surface area contributed by atoms with Gasteiger partial charge in [-0.2, -0.15) is 0 Å². The molecule has 0 bridgehead atoms. The van der Waals surface area contributed by atoms with E-state index in [9.17, 15) is 0 Å². The number of benzene rings is 1. The molecule has 0 heterocycles. The lowest BCUT2D eigenvalue weighted by Gasteiger charge is -1.98.